The molecular formula is C13H10N2O3S2. The molecule has 0 amide bonds. The molecule has 7 heteroatoms. The summed E-state index contributed by atoms with van der Waals surface area (Å²) < 4.78 is 29.6. The fourth-order valence-corrected chi connectivity index (χ4v) is 3.14. The highest BCUT2D eigenvalue weighted by molar-refractivity contribution is 7.90. The molecule has 0 aliphatic rings. The smallest absolute Gasteiger partial charge is 0.240 e. The number of aromatic nitrogens is 2. The summed E-state index contributed by atoms with van der Waals surface area (Å²) in [4.78, 5) is 8.43. The number of thiophene rings is 1. The molecular weight excluding hydrogens is 296 g/mol. The summed E-state index contributed by atoms with van der Waals surface area (Å²) >= 11 is 1.47. The lowest BCUT2D eigenvalue weighted by atomic mass is 10.3. The van der Waals surface area contributed by atoms with Crippen LogP contribution in [-0.4, -0.2) is 24.6 Å². The highest BCUT2D eigenvalue weighted by Crippen LogP contribution is 2.31. The minimum atomic E-state index is -3.26. The molecule has 0 aliphatic heterocycles. The summed E-state index contributed by atoms with van der Waals surface area (Å²) in [6, 6.07) is 8.22. The molecule has 5 nitrogen and oxygen atoms in total. The van der Waals surface area contributed by atoms with Gasteiger partial charge in [-0.15, -0.1) is 11.3 Å². The van der Waals surface area contributed by atoms with Crippen molar-refractivity contribution in [3.05, 3.63) is 42.0 Å². The first kappa shape index (κ1) is 13.0. The van der Waals surface area contributed by atoms with Gasteiger partial charge in [-0.2, -0.15) is 0 Å². The topological polar surface area (TPSA) is 69.2 Å². The van der Waals surface area contributed by atoms with Crippen LogP contribution < -0.4 is 4.74 Å². The zero-order valence-electron chi connectivity index (χ0n) is 10.5. The van der Waals surface area contributed by atoms with E-state index in [2.05, 4.69) is 9.97 Å². The average molecular weight is 306 g/mol. The van der Waals surface area contributed by atoms with Gasteiger partial charge in [-0.05, 0) is 29.6 Å². The van der Waals surface area contributed by atoms with E-state index >= 15 is 0 Å². The Labute approximate surface area is 119 Å². The monoisotopic (exact) mass is 306 g/mol. The SMILES string of the molecule is CS(=O)(=O)c1cccc(Oc2ncnc3ccsc23)c1. The van der Waals surface area contributed by atoms with Crippen molar-refractivity contribution in [2.24, 2.45) is 0 Å². The van der Waals surface area contributed by atoms with Crippen LogP contribution >= 0.6 is 11.3 Å². The number of nitrogens with zero attached hydrogens (tertiary/aromatic N) is 2. The van der Waals surface area contributed by atoms with Crippen LogP contribution in [0.3, 0.4) is 0 Å². The van der Waals surface area contributed by atoms with Crippen LogP contribution in [0.25, 0.3) is 10.2 Å². The van der Waals surface area contributed by atoms with Crippen molar-refractivity contribution in [3.63, 3.8) is 0 Å². The normalized spacial score (nSPS) is 11.7. The maximum Gasteiger partial charge on any atom is 0.240 e. The van der Waals surface area contributed by atoms with Gasteiger partial charge in [0.05, 0.1) is 10.4 Å². The van der Waals surface area contributed by atoms with Crippen LogP contribution in [-0.2, 0) is 9.84 Å². The van der Waals surface area contributed by atoms with E-state index in [1.54, 1.807) is 12.1 Å². The quantitative estimate of drug-likeness (QED) is 0.744. The molecule has 0 atom stereocenters. The largest absolute Gasteiger partial charge is 0.437 e. The molecule has 2 heterocycles. The third-order valence-corrected chi connectivity index (χ3v) is 4.66. The predicted octanol–water partition coefficient (Wildman–Crippen LogP) is 2.89. The Morgan fingerprint density at radius 3 is 2.85 bits per heavy atom. The lowest BCUT2D eigenvalue weighted by Gasteiger charge is -2.06. The van der Waals surface area contributed by atoms with Gasteiger partial charge in [0.2, 0.25) is 5.88 Å². The van der Waals surface area contributed by atoms with Crippen molar-refractivity contribution in [1.82, 2.24) is 9.97 Å². The second kappa shape index (κ2) is 4.84. The Morgan fingerprint density at radius 2 is 2.05 bits per heavy atom. The summed E-state index contributed by atoms with van der Waals surface area (Å²) in [5.74, 6) is 0.858. The highest BCUT2D eigenvalue weighted by atomic mass is 32.2. The van der Waals surface area contributed by atoms with E-state index in [0.717, 1.165) is 16.5 Å². The Hall–Kier alpha value is -1.99. The molecule has 2 aromatic heterocycles. The Balaban J connectivity index is 2.01. The number of rotatable bonds is 3. The molecule has 0 radical (unpaired) electrons. The summed E-state index contributed by atoms with van der Waals surface area (Å²) in [6.45, 7) is 0. The lowest BCUT2D eigenvalue weighted by molar-refractivity contribution is 0.467. The van der Waals surface area contributed by atoms with Gasteiger partial charge < -0.3 is 4.74 Å². The van der Waals surface area contributed by atoms with Gasteiger partial charge in [0.15, 0.2) is 9.84 Å². The van der Waals surface area contributed by atoms with E-state index in [4.69, 9.17) is 4.74 Å². The second-order valence-corrected chi connectivity index (χ2v) is 7.09. The molecule has 0 aliphatic carbocycles. The standard InChI is InChI=1S/C13H10N2O3S2/c1-20(16,17)10-4-2-3-9(7-10)18-13-12-11(5-6-19-12)14-8-15-13/h2-8H,1H3. The summed E-state index contributed by atoms with van der Waals surface area (Å²) in [5.41, 5.74) is 0.805. The van der Waals surface area contributed by atoms with Crippen molar-refractivity contribution in [2.45, 2.75) is 4.90 Å². The fraction of sp³-hybridized carbons (Fsp3) is 0.0769. The van der Waals surface area contributed by atoms with Crippen LogP contribution in [0.2, 0.25) is 0 Å². The first-order valence-corrected chi connectivity index (χ1v) is 8.47. The molecule has 3 aromatic rings. The first-order valence-electron chi connectivity index (χ1n) is 5.70. The highest BCUT2D eigenvalue weighted by Gasteiger charge is 2.11. The van der Waals surface area contributed by atoms with Crippen molar-refractivity contribution < 1.29 is 13.2 Å². The molecule has 0 fully saturated rings. The molecule has 0 spiro atoms. The van der Waals surface area contributed by atoms with E-state index < -0.39 is 9.84 Å². The molecule has 20 heavy (non-hydrogen) atoms. The van der Waals surface area contributed by atoms with Gasteiger partial charge in [0.1, 0.15) is 16.8 Å². The number of hydrogen-bond donors (Lipinski definition) is 0. The zero-order valence-corrected chi connectivity index (χ0v) is 12.1. The maximum absolute atomic E-state index is 11.5. The molecule has 3 rings (SSSR count). The van der Waals surface area contributed by atoms with Crippen LogP contribution in [0.5, 0.6) is 11.6 Å². The van der Waals surface area contributed by atoms with E-state index in [9.17, 15) is 8.42 Å². The summed E-state index contributed by atoms with van der Waals surface area (Å²) in [5, 5.41) is 1.90. The van der Waals surface area contributed by atoms with Crippen molar-refractivity contribution in [3.8, 4) is 11.6 Å². The predicted molar refractivity (Wildman–Crippen MR) is 77.0 cm³/mol. The van der Waals surface area contributed by atoms with E-state index in [1.165, 1.54) is 29.8 Å². The van der Waals surface area contributed by atoms with Crippen LogP contribution in [0, 0.1) is 0 Å². The molecule has 0 saturated heterocycles. The molecule has 0 bridgehead atoms. The van der Waals surface area contributed by atoms with Gasteiger partial charge in [-0.1, -0.05) is 6.07 Å². The van der Waals surface area contributed by atoms with Gasteiger partial charge in [-0.25, -0.2) is 18.4 Å². The molecule has 0 N–H and O–H groups in total. The lowest BCUT2D eigenvalue weighted by Crippen LogP contribution is -1.97. The summed E-state index contributed by atoms with van der Waals surface area (Å²) in [6.07, 6.45) is 2.58. The molecule has 0 saturated carbocycles. The van der Waals surface area contributed by atoms with Gasteiger partial charge >= 0.3 is 0 Å². The first-order chi connectivity index (χ1) is 9.54. The minimum Gasteiger partial charge on any atom is -0.437 e. The number of sulfone groups is 1. The minimum absolute atomic E-state index is 0.214. The molecule has 102 valence electrons. The van der Waals surface area contributed by atoms with Crippen LogP contribution in [0.4, 0.5) is 0 Å². The third-order valence-electron chi connectivity index (χ3n) is 2.66. The van der Waals surface area contributed by atoms with Crippen molar-refractivity contribution in [1.29, 1.82) is 0 Å². The Morgan fingerprint density at radius 1 is 1.20 bits per heavy atom. The average Bonchev–Trinajstić information content (AvgIpc) is 2.87. The zero-order chi connectivity index (χ0) is 14.2. The number of hydrogen-bond acceptors (Lipinski definition) is 6. The van der Waals surface area contributed by atoms with E-state index in [0.29, 0.717) is 11.6 Å². The Kier molecular flexibility index (Phi) is 3.15. The van der Waals surface area contributed by atoms with Crippen molar-refractivity contribution in [2.75, 3.05) is 6.26 Å². The maximum atomic E-state index is 11.5. The van der Waals surface area contributed by atoms with Gasteiger partial charge in [-0.3, -0.25) is 0 Å². The van der Waals surface area contributed by atoms with Crippen LogP contribution in [0.15, 0.2) is 46.9 Å². The molecule has 0 unspecified atom stereocenters. The van der Waals surface area contributed by atoms with Crippen molar-refractivity contribution >= 4 is 31.4 Å². The van der Waals surface area contributed by atoms with Gasteiger partial charge in [0.25, 0.3) is 0 Å². The van der Waals surface area contributed by atoms with Gasteiger partial charge in [0, 0.05) is 6.26 Å². The van der Waals surface area contributed by atoms with E-state index in [-0.39, 0.29) is 4.90 Å². The number of fused-ring (bicyclic) bond motifs is 1. The molecule has 1 aromatic carbocycles. The van der Waals surface area contributed by atoms with E-state index in [1.807, 2.05) is 11.4 Å². The fourth-order valence-electron chi connectivity index (χ4n) is 1.72. The number of benzene rings is 1. The number of ether oxygens (including phenoxy) is 1. The van der Waals surface area contributed by atoms with Crippen LogP contribution in [0.1, 0.15) is 0 Å². The third kappa shape index (κ3) is 2.50. The summed E-state index contributed by atoms with van der Waals surface area (Å²) in [7, 11) is -3.26. The second-order valence-electron chi connectivity index (χ2n) is 4.16. The Bertz CT molecular complexity index is 872.